The average molecular weight is 264 g/mol. The van der Waals surface area contributed by atoms with Crippen LogP contribution in [0.4, 0.5) is 0 Å². The van der Waals surface area contributed by atoms with Gasteiger partial charge in [-0.15, -0.1) is 11.6 Å². The molecule has 1 heterocycles. The monoisotopic (exact) mass is 263 g/mol. The SMILES string of the molecule is Cc1ccccc1CC(CCl)Cc1ncnn1C. The molecule has 0 radical (unpaired) electrons. The van der Waals surface area contributed by atoms with E-state index >= 15 is 0 Å². The number of alkyl halides is 1. The van der Waals surface area contributed by atoms with Gasteiger partial charge in [0.1, 0.15) is 12.2 Å². The highest BCUT2D eigenvalue weighted by Crippen LogP contribution is 2.17. The lowest BCUT2D eigenvalue weighted by atomic mass is 9.95. The molecule has 0 aliphatic rings. The number of halogens is 1. The molecule has 0 aliphatic carbocycles. The van der Waals surface area contributed by atoms with Crippen LogP contribution in [0.15, 0.2) is 30.6 Å². The lowest BCUT2D eigenvalue weighted by Gasteiger charge is -2.14. The summed E-state index contributed by atoms with van der Waals surface area (Å²) in [5.41, 5.74) is 2.69. The van der Waals surface area contributed by atoms with Crippen molar-refractivity contribution in [2.75, 3.05) is 5.88 Å². The Balaban J connectivity index is 2.06. The van der Waals surface area contributed by atoms with Crippen molar-refractivity contribution in [2.24, 2.45) is 13.0 Å². The van der Waals surface area contributed by atoms with Crippen LogP contribution in [0.2, 0.25) is 0 Å². The number of aryl methyl sites for hydroxylation is 2. The van der Waals surface area contributed by atoms with E-state index < -0.39 is 0 Å². The summed E-state index contributed by atoms with van der Waals surface area (Å²) in [4.78, 5) is 4.26. The molecule has 0 bridgehead atoms. The summed E-state index contributed by atoms with van der Waals surface area (Å²) in [7, 11) is 1.92. The predicted molar refractivity (Wildman–Crippen MR) is 73.8 cm³/mol. The summed E-state index contributed by atoms with van der Waals surface area (Å²) >= 11 is 6.08. The van der Waals surface area contributed by atoms with Gasteiger partial charge in [0.15, 0.2) is 0 Å². The Bertz CT molecular complexity index is 507. The molecular weight excluding hydrogens is 246 g/mol. The third kappa shape index (κ3) is 3.10. The van der Waals surface area contributed by atoms with Crippen molar-refractivity contribution >= 4 is 11.6 Å². The maximum atomic E-state index is 6.08. The zero-order chi connectivity index (χ0) is 13.0. The Morgan fingerprint density at radius 3 is 2.67 bits per heavy atom. The molecule has 0 saturated carbocycles. The van der Waals surface area contributed by atoms with Crippen molar-refractivity contribution in [1.82, 2.24) is 14.8 Å². The second-order valence-electron chi connectivity index (χ2n) is 4.65. The summed E-state index contributed by atoms with van der Waals surface area (Å²) in [6.07, 6.45) is 3.45. The van der Waals surface area contributed by atoms with E-state index in [2.05, 4.69) is 41.3 Å². The van der Waals surface area contributed by atoms with Crippen LogP contribution in [-0.2, 0) is 19.9 Å². The van der Waals surface area contributed by atoms with E-state index in [1.54, 1.807) is 6.33 Å². The first kappa shape index (κ1) is 13.1. The molecule has 0 amide bonds. The second-order valence-corrected chi connectivity index (χ2v) is 4.96. The Morgan fingerprint density at radius 2 is 2.06 bits per heavy atom. The number of aromatic nitrogens is 3. The normalized spacial score (nSPS) is 12.6. The molecule has 0 aliphatic heterocycles. The average Bonchev–Trinajstić information content (AvgIpc) is 2.77. The lowest BCUT2D eigenvalue weighted by molar-refractivity contribution is 0.541. The van der Waals surface area contributed by atoms with Gasteiger partial charge in [-0.1, -0.05) is 24.3 Å². The maximum absolute atomic E-state index is 6.08. The fraction of sp³-hybridized carbons (Fsp3) is 0.429. The van der Waals surface area contributed by atoms with Gasteiger partial charge in [0.25, 0.3) is 0 Å². The van der Waals surface area contributed by atoms with Crippen LogP contribution in [0, 0.1) is 12.8 Å². The molecule has 0 N–H and O–H groups in total. The first-order valence-electron chi connectivity index (χ1n) is 6.14. The molecule has 3 nitrogen and oxygen atoms in total. The van der Waals surface area contributed by atoms with Crippen LogP contribution < -0.4 is 0 Å². The predicted octanol–water partition coefficient (Wildman–Crippen LogP) is 2.76. The Labute approximate surface area is 113 Å². The first-order chi connectivity index (χ1) is 8.70. The first-order valence-corrected chi connectivity index (χ1v) is 6.67. The fourth-order valence-corrected chi connectivity index (χ4v) is 2.31. The van der Waals surface area contributed by atoms with Gasteiger partial charge in [0, 0.05) is 19.3 Å². The third-order valence-electron chi connectivity index (χ3n) is 3.26. The molecule has 0 spiro atoms. The topological polar surface area (TPSA) is 30.7 Å². The zero-order valence-electron chi connectivity index (χ0n) is 10.8. The molecule has 1 aromatic carbocycles. The van der Waals surface area contributed by atoms with Crippen LogP contribution in [-0.4, -0.2) is 20.6 Å². The van der Waals surface area contributed by atoms with Gasteiger partial charge >= 0.3 is 0 Å². The largest absolute Gasteiger partial charge is 0.253 e. The number of rotatable bonds is 5. The van der Waals surface area contributed by atoms with E-state index in [4.69, 9.17) is 11.6 Å². The summed E-state index contributed by atoms with van der Waals surface area (Å²) in [6.45, 7) is 2.14. The van der Waals surface area contributed by atoms with Crippen molar-refractivity contribution in [3.05, 3.63) is 47.5 Å². The second kappa shape index (κ2) is 6.01. The number of benzene rings is 1. The maximum Gasteiger partial charge on any atom is 0.138 e. The summed E-state index contributed by atoms with van der Waals surface area (Å²) in [6, 6.07) is 8.46. The van der Waals surface area contributed by atoms with Gasteiger partial charge in [0.2, 0.25) is 0 Å². The van der Waals surface area contributed by atoms with Crippen LogP contribution >= 0.6 is 11.6 Å². The smallest absolute Gasteiger partial charge is 0.138 e. The molecule has 1 unspecified atom stereocenters. The molecule has 0 saturated heterocycles. The van der Waals surface area contributed by atoms with Gasteiger partial charge in [-0.2, -0.15) is 5.10 Å². The van der Waals surface area contributed by atoms with Crippen molar-refractivity contribution in [1.29, 1.82) is 0 Å². The minimum Gasteiger partial charge on any atom is -0.253 e. The molecule has 4 heteroatoms. The minimum atomic E-state index is 0.399. The molecule has 96 valence electrons. The minimum absolute atomic E-state index is 0.399. The molecule has 1 atom stereocenters. The van der Waals surface area contributed by atoms with Crippen LogP contribution in [0.3, 0.4) is 0 Å². The number of nitrogens with zero attached hydrogens (tertiary/aromatic N) is 3. The quantitative estimate of drug-likeness (QED) is 0.777. The van der Waals surface area contributed by atoms with E-state index in [0.717, 1.165) is 18.7 Å². The zero-order valence-corrected chi connectivity index (χ0v) is 11.6. The van der Waals surface area contributed by atoms with Gasteiger partial charge in [-0.25, -0.2) is 4.98 Å². The summed E-state index contributed by atoms with van der Waals surface area (Å²) in [5, 5.41) is 4.09. The Kier molecular flexibility index (Phi) is 4.37. The van der Waals surface area contributed by atoms with Crippen molar-refractivity contribution < 1.29 is 0 Å². The molecule has 2 rings (SSSR count). The Hall–Kier alpha value is -1.35. The van der Waals surface area contributed by atoms with E-state index in [-0.39, 0.29) is 0 Å². The van der Waals surface area contributed by atoms with E-state index in [0.29, 0.717) is 11.8 Å². The molecule has 0 fully saturated rings. The molecular formula is C14H18ClN3. The lowest BCUT2D eigenvalue weighted by Crippen LogP contribution is -2.14. The van der Waals surface area contributed by atoms with Gasteiger partial charge < -0.3 is 0 Å². The standard InChI is InChI=1S/C14H18ClN3/c1-11-5-3-4-6-13(11)7-12(9-15)8-14-16-10-17-18(14)2/h3-6,10,12H,7-9H2,1-2H3. The van der Waals surface area contributed by atoms with Gasteiger partial charge in [-0.3, -0.25) is 4.68 Å². The number of hydrogen-bond acceptors (Lipinski definition) is 2. The summed E-state index contributed by atoms with van der Waals surface area (Å²) < 4.78 is 1.82. The van der Waals surface area contributed by atoms with E-state index in [1.807, 2.05) is 11.7 Å². The number of hydrogen-bond donors (Lipinski definition) is 0. The van der Waals surface area contributed by atoms with E-state index in [1.165, 1.54) is 11.1 Å². The van der Waals surface area contributed by atoms with Crippen molar-refractivity contribution in [2.45, 2.75) is 19.8 Å². The summed E-state index contributed by atoms with van der Waals surface area (Å²) in [5.74, 6) is 2.03. The fourth-order valence-electron chi connectivity index (χ4n) is 2.09. The highest BCUT2D eigenvalue weighted by molar-refractivity contribution is 6.18. The third-order valence-corrected chi connectivity index (χ3v) is 3.70. The van der Waals surface area contributed by atoms with Gasteiger partial charge in [-0.05, 0) is 30.4 Å². The van der Waals surface area contributed by atoms with Crippen LogP contribution in [0.25, 0.3) is 0 Å². The van der Waals surface area contributed by atoms with E-state index in [9.17, 15) is 0 Å². The highest BCUT2D eigenvalue weighted by Gasteiger charge is 2.13. The van der Waals surface area contributed by atoms with Crippen LogP contribution in [0.5, 0.6) is 0 Å². The highest BCUT2D eigenvalue weighted by atomic mass is 35.5. The van der Waals surface area contributed by atoms with Crippen molar-refractivity contribution in [3.63, 3.8) is 0 Å². The molecule has 18 heavy (non-hydrogen) atoms. The van der Waals surface area contributed by atoms with Crippen molar-refractivity contribution in [3.8, 4) is 0 Å². The van der Waals surface area contributed by atoms with Gasteiger partial charge in [0.05, 0.1) is 0 Å². The molecule has 2 aromatic rings. The van der Waals surface area contributed by atoms with Crippen LogP contribution in [0.1, 0.15) is 17.0 Å². The molecule has 1 aromatic heterocycles. The Morgan fingerprint density at radius 1 is 1.28 bits per heavy atom.